The zero-order chi connectivity index (χ0) is 14.6. The highest BCUT2D eigenvalue weighted by molar-refractivity contribution is 7.89. The highest BCUT2D eigenvalue weighted by Crippen LogP contribution is 2.22. The van der Waals surface area contributed by atoms with Crippen molar-refractivity contribution in [3.63, 3.8) is 0 Å². The van der Waals surface area contributed by atoms with E-state index in [2.05, 4.69) is 10.0 Å². The third-order valence-corrected chi connectivity index (χ3v) is 5.20. The number of rotatable bonds is 4. The number of aliphatic hydroxyl groups excluding tert-OH is 1. The molecule has 1 aliphatic rings. The zero-order valence-corrected chi connectivity index (χ0v) is 12.5. The summed E-state index contributed by atoms with van der Waals surface area (Å²) in [7, 11) is -2.00. The highest BCUT2D eigenvalue weighted by Gasteiger charge is 2.21. The van der Waals surface area contributed by atoms with Crippen LogP contribution in [0.5, 0.6) is 0 Å². The molecule has 0 aliphatic heterocycles. The maximum atomic E-state index is 11.6. The van der Waals surface area contributed by atoms with Gasteiger partial charge in [0, 0.05) is 5.69 Å². The molecule has 1 saturated carbocycles. The minimum Gasteiger partial charge on any atom is -0.391 e. The SMILES string of the molecule is CNS(=O)(=O)c1ccc(NC2CCCCCC2O)cc1. The van der Waals surface area contributed by atoms with Crippen LogP contribution in [0.2, 0.25) is 0 Å². The molecule has 1 aromatic rings. The van der Waals surface area contributed by atoms with E-state index in [1.54, 1.807) is 24.3 Å². The van der Waals surface area contributed by atoms with Crippen LogP contribution in [-0.4, -0.2) is 32.7 Å². The number of benzene rings is 1. The van der Waals surface area contributed by atoms with Gasteiger partial charge in [-0.25, -0.2) is 13.1 Å². The van der Waals surface area contributed by atoms with Gasteiger partial charge in [-0.05, 0) is 44.2 Å². The molecule has 20 heavy (non-hydrogen) atoms. The molecule has 0 aromatic heterocycles. The summed E-state index contributed by atoms with van der Waals surface area (Å²) in [6.45, 7) is 0. The topological polar surface area (TPSA) is 78.4 Å². The average molecular weight is 298 g/mol. The molecule has 3 N–H and O–H groups in total. The number of sulfonamides is 1. The molecule has 6 heteroatoms. The summed E-state index contributed by atoms with van der Waals surface area (Å²) in [6.07, 6.45) is 4.77. The van der Waals surface area contributed by atoms with Crippen molar-refractivity contribution in [3.8, 4) is 0 Å². The van der Waals surface area contributed by atoms with Crippen molar-refractivity contribution in [2.45, 2.75) is 49.1 Å². The van der Waals surface area contributed by atoms with E-state index in [1.165, 1.54) is 7.05 Å². The van der Waals surface area contributed by atoms with Crippen LogP contribution in [0.25, 0.3) is 0 Å². The van der Waals surface area contributed by atoms with Crippen molar-refractivity contribution in [2.75, 3.05) is 12.4 Å². The third-order valence-electron chi connectivity index (χ3n) is 3.76. The molecule has 0 amide bonds. The van der Waals surface area contributed by atoms with Gasteiger partial charge in [0.2, 0.25) is 10.0 Å². The summed E-state index contributed by atoms with van der Waals surface area (Å²) in [4.78, 5) is 0.243. The van der Waals surface area contributed by atoms with Gasteiger partial charge in [0.15, 0.2) is 0 Å². The molecule has 0 radical (unpaired) electrons. The van der Waals surface area contributed by atoms with Crippen molar-refractivity contribution in [2.24, 2.45) is 0 Å². The van der Waals surface area contributed by atoms with E-state index in [9.17, 15) is 13.5 Å². The van der Waals surface area contributed by atoms with Crippen molar-refractivity contribution in [1.29, 1.82) is 0 Å². The van der Waals surface area contributed by atoms with Gasteiger partial charge in [-0.15, -0.1) is 0 Å². The van der Waals surface area contributed by atoms with Gasteiger partial charge in [0.05, 0.1) is 17.0 Å². The van der Waals surface area contributed by atoms with Crippen LogP contribution < -0.4 is 10.0 Å². The number of hydrogen-bond acceptors (Lipinski definition) is 4. The molecular weight excluding hydrogens is 276 g/mol. The van der Waals surface area contributed by atoms with Gasteiger partial charge in [-0.1, -0.05) is 19.3 Å². The van der Waals surface area contributed by atoms with Gasteiger partial charge in [-0.2, -0.15) is 0 Å². The van der Waals surface area contributed by atoms with Gasteiger partial charge >= 0.3 is 0 Å². The lowest BCUT2D eigenvalue weighted by atomic mass is 10.1. The first-order valence-corrected chi connectivity index (χ1v) is 8.49. The van der Waals surface area contributed by atoms with E-state index in [4.69, 9.17) is 0 Å². The minimum atomic E-state index is -3.39. The third kappa shape index (κ3) is 3.71. The predicted molar refractivity (Wildman–Crippen MR) is 79.2 cm³/mol. The maximum Gasteiger partial charge on any atom is 0.240 e. The van der Waals surface area contributed by atoms with Crippen molar-refractivity contribution in [3.05, 3.63) is 24.3 Å². The molecule has 0 saturated heterocycles. The van der Waals surface area contributed by atoms with Crippen molar-refractivity contribution >= 4 is 15.7 Å². The van der Waals surface area contributed by atoms with Crippen LogP contribution >= 0.6 is 0 Å². The van der Waals surface area contributed by atoms with Gasteiger partial charge < -0.3 is 10.4 Å². The lowest BCUT2D eigenvalue weighted by molar-refractivity contribution is 0.144. The Bertz CT molecular complexity index is 528. The first-order valence-electron chi connectivity index (χ1n) is 7.01. The van der Waals surface area contributed by atoms with E-state index in [-0.39, 0.29) is 17.0 Å². The molecule has 0 bridgehead atoms. The fourth-order valence-electron chi connectivity index (χ4n) is 2.52. The number of nitrogens with one attached hydrogen (secondary N) is 2. The first-order chi connectivity index (χ1) is 9.53. The molecule has 0 heterocycles. The molecular formula is C14H22N2O3S. The Hall–Kier alpha value is -1.11. The van der Waals surface area contributed by atoms with E-state index in [1.807, 2.05) is 0 Å². The van der Waals surface area contributed by atoms with E-state index < -0.39 is 10.0 Å². The standard InChI is InChI=1S/C14H22N2O3S/c1-15-20(18,19)12-9-7-11(8-10-12)16-13-5-3-2-4-6-14(13)17/h7-10,13-17H,2-6H2,1H3. The second kappa shape index (κ2) is 6.56. The molecule has 0 spiro atoms. The lowest BCUT2D eigenvalue weighted by Crippen LogP contribution is -2.32. The summed E-state index contributed by atoms with van der Waals surface area (Å²) in [6, 6.07) is 6.65. The van der Waals surface area contributed by atoms with E-state index >= 15 is 0 Å². The van der Waals surface area contributed by atoms with Crippen molar-refractivity contribution < 1.29 is 13.5 Å². The first kappa shape index (κ1) is 15.3. The zero-order valence-electron chi connectivity index (χ0n) is 11.7. The van der Waals surface area contributed by atoms with E-state index in [0.717, 1.165) is 37.8 Å². The predicted octanol–water partition coefficient (Wildman–Crippen LogP) is 1.70. The Morgan fingerprint density at radius 1 is 1.10 bits per heavy atom. The summed E-state index contributed by atoms with van der Waals surface area (Å²) in [5.41, 5.74) is 0.839. The van der Waals surface area contributed by atoms with Crippen LogP contribution in [0.3, 0.4) is 0 Å². The monoisotopic (exact) mass is 298 g/mol. The summed E-state index contributed by atoms with van der Waals surface area (Å²) < 4.78 is 25.5. The Kier molecular flexibility index (Phi) is 5.01. The molecule has 112 valence electrons. The quantitative estimate of drug-likeness (QED) is 0.739. The summed E-state index contributed by atoms with van der Waals surface area (Å²) in [5.74, 6) is 0. The summed E-state index contributed by atoms with van der Waals surface area (Å²) in [5, 5.41) is 13.4. The Morgan fingerprint density at radius 3 is 2.40 bits per heavy atom. The van der Waals surface area contributed by atoms with Crippen molar-refractivity contribution in [1.82, 2.24) is 4.72 Å². The Labute approximate surface area is 120 Å². The van der Waals surface area contributed by atoms with Gasteiger partial charge in [-0.3, -0.25) is 0 Å². The normalized spacial score (nSPS) is 24.1. The smallest absolute Gasteiger partial charge is 0.240 e. The highest BCUT2D eigenvalue weighted by atomic mass is 32.2. The molecule has 1 fully saturated rings. The fraction of sp³-hybridized carbons (Fsp3) is 0.571. The van der Waals surface area contributed by atoms with Crippen LogP contribution in [0, 0.1) is 0 Å². The average Bonchev–Trinajstić information content (AvgIpc) is 2.65. The minimum absolute atomic E-state index is 0.0456. The Morgan fingerprint density at radius 2 is 1.75 bits per heavy atom. The van der Waals surface area contributed by atoms with Crippen LogP contribution in [-0.2, 0) is 10.0 Å². The van der Waals surface area contributed by atoms with Crippen LogP contribution in [0.15, 0.2) is 29.2 Å². The summed E-state index contributed by atoms with van der Waals surface area (Å²) >= 11 is 0. The number of hydrogen-bond donors (Lipinski definition) is 3. The molecule has 5 nitrogen and oxygen atoms in total. The Balaban J connectivity index is 2.07. The fourth-order valence-corrected chi connectivity index (χ4v) is 3.25. The molecule has 2 rings (SSSR count). The second-order valence-corrected chi connectivity index (χ2v) is 7.07. The second-order valence-electron chi connectivity index (χ2n) is 5.19. The molecule has 2 atom stereocenters. The molecule has 1 aromatic carbocycles. The maximum absolute atomic E-state index is 11.6. The molecule has 2 unspecified atom stereocenters. The largest absolute Gasteiger partial charge is 0.391 e. The van der Waals surface area contributed by atoms with Gasteiger partial charge in [0.25, 0.3) is 0 Å². The lowest BCUT2D eigenvalue weighted by Gasteiger charge is -2.23. The van der Waals surface area contributed by atoms with Crippen LogP contribution in [0.4, 0.5) is 5.69 Å². The van der Waals surface area contributed by atoms with E-state index in [0.29, 0.717) is 0 Å². The van der Waals surface area contributed by atoms with Gasteiger partial charge in [0.1, 0.15) is 0 Å². The number of anilines is 1. The molecule has 1 aliphatic carbocycles. The number of aliphatic hydroxyl groups is 1. The van der Waals surface area contributed by atoms with Crippen LogP contribution in [0.1, 0.15) is 32.1 Å².